The standard InChI is InChI=1S/C49H80O4/c1-3-5-7-9-11-13-15-17-19-21-22-23-24-25-26-27-29-31-33-35-37-39-41-43-45-52-47-48(46-50)53-49(51)44-42-40-38-36-34-32-30-28-20-18-16-14-12-10-8-6-4-2/h5-8,11-14,17-20,22-23,30,32,36,38,48,50H,3-4,9-10,15-16,21,24-29,31,33-35,37,39-47H2,1-2H3/b7-5-,8-6-,13-11-,14-12-,19-17-,20-18-,23-22-,32-30-,38-36-. The number of carbonyl (C=O) groups excluding carboxylic acids is 1. The van der Waals surface area contributed by atoms with E-state index in [-0.39, 0.29) is 19.2 Å². The van der Waals surface area contributed by atoms with E-state index in [0.29, 0.717) is 13.0 Å². The van der Waals surface area contributed by atoms with Crippen LogP contribution >= 0.6 is 0 Å². The molecule has 4 nitrogen and oxygen atoms in total. The molecule has 0 fully saturated rings. The van der Waals surface area contributed by atoms with Gasteiger partial charge in [-0.05, 0) is 89.9 Å². The lowest BCUT2D eigenvalue weighted by molar-refractivity contribution is -0.154. The van der Waals surface area contributed by atoms with E-state index in [4.69, 9.17) is 9.47 Å². The fourth-order valence-corrected chi connectivity index (χ4v) is 5.47. The van der Waals surface area contributed by atoms with Crippen molar-refractivity contribution in [2.45, 2.75) is 174 Å². The summed E-state index contributed by atoms with van der Waals surface area (Å²) in [6.45, 7) is 5.03. The quantitative estimate of drug-likeness (QED) is 0.0390. The van der Waals surface area contributed by atoms with Gasteiger partial charge in [0.2, 0.25) is 0 Å². The third kappa shape index (κ3) is 43.3. The summed E-state index contributed by atoms with van der Waals surface area (Å²) in [5.74, 6) is -0.262. The first-order valence-corrected chi connectivity index (χ1v) is 21.5. The maximum atomic E-state index is 12.2. The van der Waals surface area contributed by atoms with Crippen LogP contribution in [0.1, 0.15) is 168 Å². The van der Waals surface area contributed by atoms with Crippen molar-refractivity contribution < 1.29 is 19.4 Å². The van der Waals surface area contributed by atoms with Crippen LogP contribution in [-0.2, 0) is 14.3 Å². The minimum Gasteiger partial charge on any atom is -0.457 e. The van der Waals surface area contributed by atoms with E-state index in [1.165, 1.54) is 64.2 Å². The third-order valence-electron chi connectivity index (χ3n) is 8.59. The molecule has 0 spiro atoms. The van der Waals surface area contributed by atoms with E-state index in [2.05, 4.69) is 123 Å². The van der Waals surface area contributed by atoms with Crippen LogP contribution in [0.25, 0.3) is 0 Å². The SMILES string of the molecule is CC/C=C\C/C=C\C/C=C\C/C=C\C/C=C\CCCC(=O)OC(CO)COCCCCCCCCCCCCC/C=C\C/C=C\C/C=C\C/C=C\CC. The normalized spacial score (nSPS) is 13.5. The Bertz CT molecular complexity index is 1040. The van der Waals surface area contributed by atoms with Crippen molar-refractivity contribution in [3.63, 3.8) is 0 Å². The highest BCUT2D eigenvalue weighted by molar-refractivity contribution is 5.69. The second-order valence-corrected chi connectivity index (χ2v) is 13.6. The van der Waals surface area contributed by atoms with Gasteiger partial charge in [0, 0.05) is 13.0 Å². The Morgan fingerprint density at radius 2 is 0.792 bits per heavy atom. The largest absolute Gasteiger partial charge is 0.457 e. The Kier molecular flexibility index (Phi) is 42.7. The molecule has 1 N–H and O–H groups in total. The highest BCUT2D eigenvalue weighted by Crippen LogP contribution is 2.13. The molecule has 0 aliphatic heterocycles. The molecule has 0 rings (SSSR count). The van der Waals surface area contributed by atoms with Gasteiger partial charge in [0.1, 0.15) is 6.10 Å². The van der Waals surface area contributed by atoms with Gasteiger partial charge in [-0.25, -0.2) is 0 Å². The number of hydrogen-bond acceptors (Lipinski definition) is 4. The molecule has 0 saturated heterocycles. The van der Waals surface area contributed by atoms with Crippen LogP contribution in [0.15, 0.2) is 109 Å². The Morgan fingerprint density at radius 1 is 0.453 bits per heavy atom. The number of aliphatic hydroxyl groups excluding tert-OH is 1. The van der Waals surface area contributed by atoms with Gasteiger partial charge >= 0.3 is 5.97 Å². The molecule has 0 aromatic carbocycles. The summed E-state index contributed by atoms with van der Waals surface area (Å²) in [6.07, 6.45) is 65.8. The second kappa shape index (κ2) is 45.2. The van der Waals surface area contributed by atoms with Gasteiger partial charge in [0.15, 0.2) is 0 Å². The van der Waals surface area contributed by atoms with Crippen molar-refractivity contribution >= 4 is 5.97 Å². The minimum atomic E-state index is -0.573. The van der Waals surface area contributed by atoms with Crippen LogP contribution in [0.4, 0.5) is 0 Å². The van der Waals surface area contributed by atoms with Gasteiger partial charge < -0.3 is 14.6 Å². The van der Waals surface area contributed by atoms with E-state index >= 15 is 0 Å². The average Bonchev–Trinajstić information content (AvgIpc) is 3.16. The summed E-state index contributed by atoms with van der Waals surface area (Å²) in [5, 5.41) is 9.60. The van der Waals surface area contributed by atoms with Gasteiger partial charge in [0.05, 0.1) is 13.2 Å². The molecule has 0 amide bonds. The predicted molar refractivity (Wildman–Crippen MR) is 232 cm³/mol. The fraction of sp³-hybridized carbons (Fsp3) is 0.612. The first kappa shape index (κ1) is 50.1. The van der Waals surface area contributed by atoms with Crippen LogP contribution in [0.2, 0.25) is 0 Å². The molecule has 53 heavy (non-hydrogen) atoms. The molecule has 0 aromatic rings. The Morgan fingerprint density at radius 3 is 1.19 bits per heavy atom. The van der Waals surface area contributed by atoms with Crippen molar-refractivity contribution in [3.8, 4) is 0 Å². The zero-order valence-corrected chi connectivity index (χ0v) is 34.2. The van der Waals surface area contributed by atoms with Crippen LogP contribution in [0.5, 0.6) is 0 Å². The molecule has 1 atom stereocenters. The third-order valence-corrected chi connectivity index (χ3v) is 8.59. The molecule has 0 aliphatic rings. The van der Waals surface area contributed by atoms with Crippen molar-refractivity contribution in [1.29, 1.82) is 0 Å². The number of carbonyl (C=O) groups is 1. The minimum absolute atomic E-state index is 0.203. The van der Waals surface area contributed by atoms with Crippen molar-refractivity contribution in [2.75, 3.05) is 19.8 Å². The molecule has 4 heteroatoms. The van der Waals surface area contributed by atoms with Crippen LogP contribution in [0, 0.1) is 0 Å². The summed E-state index contributed by atoms with van der Waals surface area (Å²) in [4.78, 5) is 12.2. The molecule has 0 saturated carbocycles. The molecule has 1 unspecified atom stereocenters. The number of ether oxygens (including phenoxy) is 2. The van der Waals surface area contributed by atoms with Crippen molar-refractivity contribution in [2.24, 2.45) is 0 Å². The molecule has 0 heterocycles. The van der Waals surface area contributed by atoms with Gasteiger partial charge in [-0.1, -0.05) is 181 Å². The average molecular weight is 733 g/mol. The highest BCUT2D eigenvalue weighted by Gasteiger charge is 2.13. The van der Waals surface area contributed by atoms with Gasteiger partial charge in [-0.2, -0.15) is 0 Å². The van der Waals surface area contributed by atoms with Gasteiger partial charge in [-0.3, -0.25) is 4.79 Å². The maximum Gasteiger partial charge on any atom is 0.306 e. The molecule has 0 radical (unpaired) electrons. The number of rotatable bonds is 38. The second-order valence-electron chi connectivity index (χ2n) is 13.6. The maximum absolute atomic E-state index is 12.2. The number of esters is 1. The number of allylic oxidation sites excluding steroid dienone is 18. The van der Waals surface area contributed by atoms with Crippen molar-refractivity contribution in [1.82, 2.24) is 0 Å². The summed E-state index contributed by atoms with van der Waals surface area (Å²) in [7, 11) is 0. The lowest BCUT2D eigenvalue weighted by Crippen LogP contribution is -2.27. The predicted octanol–water partition coefficient (Wildman–Crippen LogP) is 14.3. The summed E-state index contributed by atoms with van der Waals surface area (Å²) in [6, 6.07) is 0. The molecule has 0 aromatic heterocycles. The topological polar surface area (TPSA) is 55.8 Å². The first-order valence-electron chi connectivity index (χ1n) is 21.5. The number of aliphatic hydroxyl groups is 1. The Balaban J connectivity index is 3.54. The number of unbranched alkanes of at least 4 members (excludes halogenated alkanes) is 12. The smallest absolute Gasteiger partial charge is 0.306 e. The summed E-state index contributed by atoms with van der Waals surface area (Å²) >= 11 is 0. The molecular formula is C49H80O4. The highest BCUT2D eigenvalue weighted by atomic mass is 16.6. The molecule has 0 aliphatic carbocycles. The van der Waals surface area contributed by atoms with Crippen LogP contribution in [0.3, 0.4) is 0 Å². The van der Waals surface area contributed by atoms with E-state index < -0.39 is 6.10 Å². The van der Waals surface area contributed by atoms with E-state index in [1.54, 1.807) is 0 Å². The molecule has 300 valence electrons. The zero-order valence-electron chi connectivity index (χ0n) is 34.2. The monoisotopic (exact) mass is 733 g/mol. The van der Waals surface area contributed by atoms with E-state index in [9.17, 15) is 9.90 Å². The zero-order chi connectivity index (χ0) is 38.4. The van der Waals surface area contributed by atoms with E-state index in [0.717, 1.165) is 83.5 Å². The van der Waals surface area contributed by atoms with Crippen LogP contribution < -0.4 is 0 Å². The Labute approximate surface area is 327 Å². The molecule has 0 bridgehead atoms. The molecular weight excluding hydrogens is 653 g/mol. The fourth-order valence-electron chi connectivity index (χ4n) is 5.47. The lowest BCUT2D eigenvalue weighted by atomic mass is 10.1. The summed E-state index contributed by atoms with van der Waals surface area (Å²) < 4.78 is 11.1. The lowest BCUT2D eigenvalue weighted by Gasteiger charge is -2.15. The van der Waals surface area contributed by atoms with Gasteiger partial charge in [-0.15, -0.1) is 0 Å². The first-order chi connectivity index (χ1) is 26.2. The van der Waals surface area contributed by atoms with Crippen LogP contribution in [-0.4, -0.2) is 37.0 Å². The van der Waals surface area contributed by atoms with E-state index in [1.807, 2.05) is 0 Å². The number of hydrogen-bond donors (Lipinski definition) is 1. The van der Waals surface area contributed by atoms with Crippen molar-refractivity contribution in [3.05, 3.63) is 109 Å². The van der Waals surface area contributed by atoms with Gasteiger partial charge in [0.25, 0.3) is 0 Å². The summed E-state index contributed by atoms with van der Waals surface area (Å²) in [5.41, 5.74) is 0. The Hall–Kier alpha value is -2.95.